The third kappa shape index (κ3) is 2.68. The number of carbonyl (C=O) groups excluding carboxylic acids is 1. The molecule has 2 rings (SSSR count). The number of benzene rings is 1. The van der Waals surface area contributed by atoms with E-state index in [2.05, 4.69) is 10.3 Å². The van der Waals surface area contributed by atoms with E-state index in [1.54, 1.807) is 13.2 Å². The first-order chi connectivity index (χ1) is 8.60. The van der Waals surface area contributed by atoms with E-state index in [4.69, 9.17) is 4.74 Å². The Bertz CT molecular complexity index is 578. The lowest BCUT2D eigenvalue weighted by molar-refractivity contribution is 0.103. The van der Waals surface area contributed by atoms with Gasteiger partial charge in [0.2, 0.25) is 0 Å². The van der Waals surface area contributed by atoms with Crippen molar-refractivity contribution >= 4 is 22.9 Å². The number of aromatic nitrogens is 1. The number of hydrogen-bond donors (Lipinski definition) is 1. The summed E-state index contributed by atoms with van der Waals surface area (Å²) < 4.78 is 5.11. The van der Waals surface area contributed by atoms with Gasteiger partial charge in [-0.3, -0.25) is 4.79 Å². The second kappa shape index (κ2) is 5.18. The molecule has 94 valence electrons. The molecule has 4 nitrogen and oxygen atoms in total. The largest absolute Gasteiger partial charge is 0.497 e. The first-order valence-electron chi connectivity index (χ1n) is 5.49. The molecule has 0 bridgehead atoms. The lowest BCUT2D eigenvalue weighted by Gasteiger charge is -2.06. The van der Waals surface area contributed by atoms with Crippen LogP contribution in [0, 0.1) is 13.8 Å². The van der Waals surface area contributed by atoms with Crippen molar-refractivity contribution in [1.82, 2.24) is 4.98 Å². The summed E-state index contributed by atoms with van der Waals surface area (Å²) in [5.41, 5.74) is 1.47. The van der Waals surface area contributed by atoms with E-state index in [1.807, 2.05) is 32.0 Å². The molecule has 0 saturated heterocycles. The molecular weight excluding hydrogens is 248 g/mol. The number of methoxy groups -OCH3 is 1. The van der Waals surface area contributed by atoms with Crippen molar-refractivity contribution in [3.05, 3.63) is 39.8 Å². The molecular formula is C13H14N2O2S. The zero-order valence-corrected chi connectivity index (χ0v) is 11.3. The number of aryl methyl sites for hydroxylation is 2. The van der Waals surface area contributed by atoms with Crippen LogP contribution >= 0.6 is 11.3 Å². The van der Waals surface area contributed by atoms with E-state index in [1.165, 1.54) is 11.3 Å². The Morgan fingerprint density at radius 1 is 1.39 bits per heavy atom. The third-order valence-corrected chi connectivity index (χ3v) is 3.51. The smallest absolute Gasteiger partial charge is 0.267 e. The third-order valence-electron chi connectivity index (χ3n) is 2.44. The predicted molar refractivity (Wildman–Crippen MR) is 72.5 cm³/mol. The summed E-state index contributed by atoms with van der Waals surface area (Å²) in [6.07, 6.45) is 0. The highest BCUT2D eigenvalue weighted by molar-refractivity contribution is 7.13. The molecule has 1 heterocycles. The monoisotopic (exact) mass is 262 g/mol. The molecule has 0 unspecified atom stereocenters. The van der Waals surface area contributed by atoms with Crippen LogP contribution in [0.15, 0.2) is 24.3 Å². The van der Waals surface area contributed by atoms with Crippen molar-refractivity contribution in [2.45, 2.75) is 13.8 Å². The number of carbonyl (C=O) groups is 1. The molecule has 0 atom stereocenters. The van der Waals surface area contributed by atoms with Gasteiger partial charge in [-0.15, -0.1) is 11.3 Å². The zero-order valence-electron chi connectivity index (χ0n) is 10.5. The van der Waals surface area contributed by atoms with Crippen molar-refractivity contribution < 1.29 is 9.53 Å². The summed E-state index contributed by atoms with van der Waals surface area (Å²) in [4.78, 5) is 17.0. The van der Waals surface area contributed by atoms with Crippen molar-refractivity contribution in [2.24, 2.45) is 0 Å². The van der Waals surface area contributed by atoms with Crippen molar-refractivity contribution in [2.75, 3.05) is 12.4 Å². The fraction of sp³-hybridized carbons (Fsp3) is 0.231. The molecule has 0 radical (unpaired) electrons. The summed E-state index contributed by atoms with van der Waals surface area (Å²) in [5.74, 6) is 0.580. The van der Waals surface area contributed by atoms with Gasteiger partial charge in [0.15, 0.2) is 0 Å². The number of rotatable bonds is 3. The van der Waals surface area contributed by atoms with Crippen LogP contribution < -0.4 is 10.1 Å². The maximum Gasteiger partial charge on any atom is 0.267 e. The highest BCUT2D eigenvalue weighted by atomic mass is 32.1. The van der Waals surface area contributed by atoms with Gasteiger partial charge < -0.3 is 10.1 Å². The molecule has 1 aromatic heterocycles. The van der Waals surface area contributed by atoms with Crippen LogP contribution in [0.5, 0.6) is 5.75 Å². The average molecular weight is 262 g/mol. The standard InChI is InChI=1S/C13H14N2O2S/c1-8-12(18-9(2)14-8)13(16)15-10-5-4-6-11(7-10)17-3/h4-7H,1-3H3,(H,15,16). The number of amides is 1. The molecule has 0 aliphatic heterocycles. The van der Waals surface area contributed by atoms with Gasteiger partial charge in [-0.25, -0.2) is 4.98 Å². The van der Waals surface area contributed by atoms with Gasteiger partial charge in [0, 0.05) is 11.8 Å². The normalized spacial score (nSPS) is 10.2. The minimum atomic E-state index is -0.133. The Hall–Kier alpha value is -1.88. The summed E-state index contributed by atoms with van der Waals surface area (Å²) in [6.45, 7) is 3.73. The predicted octanol–water partition coefficient (Wildman–Crippen LogP) is 3.02. The van der Waals surface area contributed by atoms with E-state index in [0.717, 1.165) is 10.7 Å². The number of nitrogens with one attached hydrogen (secondary N) is 1. The Balaban J connectivity index is 2.18. The summed E-state index contributed by atoms with van der Waals surface area (Å²) in [5, 5.41) is 3.73. The molecule has 1 amide bonds. The van der Waals surface area contributed by atoms with E-state index in [-0.39, 0.29) is 5.91 Å². The van der Waals surface area contributed by atoms with Crippen LogP contribution in [0.1, 0.15) is 20.4 Å². The second-order valence-electron chi connectivity index (χ2n) is 3.83. The fourth-order valence-corrected chi connectivity index (χ4v) is 2.45. The number of anilines is 1. The highest BCUT2D eigenvalue weighted by Gasteiger charge is 2.13. The van der Waals surface area contributed by atoms with Crippen molar-refractivity contribution in [3.63, 3.8) is 0 Å². The summed E-state index contributed by atoms with van der Waals surface area (Å²) >= 11 is 1.40. The van der Waals surface area contributed by atoms with E-state index in [9.17, 15) is 4.79 Å². The Labute approximate surface area is 110 Å². The van der Waals surface area contributed by atoms with Crippen LogP contribution in [-0.4, -0.2) is 18.0 Å². The van der Waals surface area contributed by atoms with Crippen molar-refractivity contribution in [1.29, 1.82) is 0 Å². The van der Waals surface area contributed by atoms with Crippen LogP contribution in [0.2, 0.25) is 0 Å². The number of ether oxygens (including phenoxy) is 1. The van der Waals surface area contributed by atoms with E-state index < -0.39 is 0 Å². The Morgan fingerprint density at radius 2 is 2.17 bits per heavy atom. The average Bonchev–Trinajstić information content (AvgIpc) is 2.69. The van der Waals surface area contributed by atoms with Gasteiger partial charge >= 0.3 is 0 Å². The van der Waals surface area contributed by atoms with Gasteiger partial charge in [0.1, 0.15) is 10.6 Å². The van der Waals surface area contributed by atoms with E-state index >= 15 is 0 Å². The molecule has 0 aliphatic rings. The van der Waals surface area contributed by atoms with Gasteiger partial charge in [-0.1, -0.05) is 6.07 Å². The fourth-order valence-electron chi connectivity index (χ4n) is 1.63. The topological polar surface area (TPSA) is 51.2 Å². The molecule has 0 saturated carbocycles. The quantitative estimate of drug-likeness (QED) is 0.925. The molecule has 1 N–H and O–H groups in total. The first kappa shape index (κ1) is 12.6. The van der Waals surface area contributed by atoms with Crippen molar-refractivity contribution in [3.8, 4) is 5.75 Å². The number of hydrogen-bond acceptors (Lipinski definition) is 4. The van der Waals surface area contributed by atoms with Crippen LogP contribution in [-0.2, 0) is 0 Å². The lowest BCUT2D eigenvalue weighted by Crippen LogP contribution is -2.11. The minimum Gasteiger partial charge on any atom is -0.497 e. The molecule has 2 aromatic rings. The van der Waals surface area contributed by atoms with Gasteiger partial charge in [-0.2, -0.15) is 0 Å². The molecule has 0 fully saturated rings. The van der Waals surface area contributed by atoms with Crippen LogP contribution in [0.3, 0.4) is 0 Å². The van der Waals surface area contributed by atoms with Gasteiger partial charge in [-0.05, 0) is 26.0 Å². The molecule has 5 heteroatoms. The first-order valence-corrected chi connectivity index (χ1v) is 6.31. The second-order valence-corrected chi connectivity index (χ2v) is 5.04. The molecule has 0 aliphatic carbocycles. The SMILES string of the molecule is COc1cccc(NC(=O)c2sc(C)nc2C)c1. The van der Waals surface area contributed by atoms with E-state index in [0.29, 0.717) is 16.3 Å². The van der Waals surface area contributed by atoms with Crippen LogP contribution in [0.4, 0.5) is 5.69 Å². The molecule has 1 aromatic carbocycles. The zero-order chi connectivity index (χ0) is 13.1. The molecule has 18 heavy (non-hydrogen) atoms. The maximum absolute atomic E-state index is 12.1. The number of thiazole rings is 1. The maximum atomic E-state index is 12.1. The van der Waals surface area contributed by atoms with Gasteiger partial charge in [0.25, 0.3) is 5.91 Å². The highest BCUT2D eigenvalue weighted by Crippen LogP contribution is 2.21. The summed E-state index contributed by atoms with van der Waals surface area (Å²) in [7, 11) is 1.59. The minimum absolute atomic E-state index is 0.133. The Kier molecular flexibility index (Phi) is 3.62. The Morgan fingerprint density at radius 3 is 2.78 bits per heavy atom. The molecule has 0 spiro atoms. The summed E-state index contributed by atoms with van der Waals surface area (Å²) in [6, 6.07) is 7.27. The lowest BCUT2D eigenvalue weighted by atomic mass is 10.3. The van der Waals surface area contributed by atoms with Gasteiger partial charge in [0.05, 0.1) is 17.8 Å². The van der Waals surface area contributed by atoms with Crippen LogP contribution in [0.25, 0.3) is 0 Å². The number of nitrogens with zero attached hydrogens (tertiary/aromatic N) is 1.